The minimum atomic E-state index is -0.246. The number of carbonyl (C=O) groups is 1. The summed E-state index contributed by atoms with van der Waals surface area (Å²) in [4.78, 5) is 12.0. The van der Waals surface area contributed by atoms with Gasteiger partial charge in [0.1, 0.15) is 5.75 Å². The predicted molar refractivity (Wildman–Crippen MR) is 95.5 cm³/mol. The van der Waals surface area contributed by atoms with E-state index < -0.39 is 0 Å². The highest BCUT2D eigenvalue weighted by molar-refractivity contribution is 6.03. The smallest absolute Gasteiger partial charge is 0.277 e. The fourth-order valence-corrected chi connectivity index (χ4v) is 3.04. The molecular formula is C20H22N2O2. The summed E-state index contributed by atoms with van der Waals surface area (Å²) in [6, 6.07) is 14.1. The first-order chi connectivity index (χ1) is 11.6. The van der Waals surface area contributed by atoms with Crippen molar-refractivity contribution in [1.82, 2.24) is 5.43 Å². The molecule has 0 fully saturated rings. The van der Waals surface area contributed by atoms with E-state index in [1.165, 1.54) is 5.56 Å². The molecule has 0 bridgehead atoms. The van der Waals surface area contributed by atoms with Crippen LogP contribution in [0.4, 0.5) is 0 Å². The molecule has 1 N–H and O–H groups in total. The summed E-state index contributed by atoms with van der Waals surface area (Å²) >= 11 is 0. The van der Waals surface area contributed by atoms with Crippen LogP contribution in [-0.4, -0.2) is 18.2 Å². The molecule has 1 aliphatic rings. The number of hydrogen-bond acceptors (Lipinski definition) is 3. The second-order valence-corrected chi connectivity index (χ2v) is 6.22. The summed E-state index contributed by atoms with van der Waals surface area (Å²) in [5.41, 5.74) is 8.22. The van der Waals surface area contributed by atoms with Gasteiger partial charge < -0.3 is 4.74 Å². The Morgan fingerprint density at radius 3 is 2.67 bits per heavy atom. The molecule has 0 saturated heterocycles. The van der Waals surface area contributed by atoms with Crippen LogP contribution < -0.4 is 10.2 Å². The number of nitrogens with zero attached hydrogens (tertiary/aromatic N) is 1. The van der Waals surface area contributed by atoms with Gasteiger partial charge in [-0.25, -0.2) is 5.43 Å². The third kappa shape index (κ3) is 4.02. The SMILES string of the molecule is Cc1cc(C)cc(OCC(=O)NN=C2CCCc3ccccc32)c1. The van der Waals surface area contributed by atoms with Crippen molar-refractivity contribution in [1.29, 1.82) is 0 Å². The van der Waals surface area contributed by atoms with Crippen LogP contribution in [0.25, 0.3) is 0 Å². The lowest BCUT2D eigenvalue weighted by Gasteiger charge is -2.17. The highest BCUT2D eigenvalue weighted by Gasteiger charge is 2.15. The quantitative estimate of drug-likeness (QED) is 0.875. The Bertz CT molecular complexity index is 761. The number of fused-ring (bicyclic) bond motifs is 1. The van der Waals surface area contributed by atoms with Crippen LogP contribution in [0, 0.1) is 13.8 Å². The van der Waals surface area contributed by atoms with Gasteiger partial charge in [-0.3, -0.25) is 4.79 Å². The molecule has 0 radical (unpaired) electrons. The summed E-state index contributed by atoms with van der Waals surface area (Å²) in [6.45, 7) is 3.97. The first kappa shape index (κ1) is 16.2. The fourth-order valence-electron chi connectivity index (χ4n) is 3.04. The van der Waals surface area contributed by atoms with Gasteiger partial charge in [0.15, 0.2) is 6.61 Å². The number of hydrazone groups is 1. The first-order valence-corrected chi connectivity index (χ1v) is 8.26. The van der Waals surface area contributed by atoms with Crippen molar-refractivity contribution in [3.05, 3.63) is 64.7 Å². The average Bonchev–Trinajstić information content (AvgIpc) is 2.57. The Labute approximate surface area is 142 Å². The second-order valence-electron chi connectivity index (χ2n) is 6.22. The van der Waals surface area contributed by atoms with E-state index in [0.29, 0.717) is 5.75 Å². The van der Waals surface area contributed by atoms with Gasteiger partial charge in [-0.1, -0.05) is 30.3 Å². The maximum absolute atomic E-state index is 12.0. The Morgan fingerprint density at radius 2 is 1.88 bits per heavy atom. The van der Waals surface area contributed by atoms with Gasteiger partial charge in [-0.15, -0.1) is 0 Å². The summed E-state index contributed by atoms with van der Waals surface area (Å²) in [5, 5.41) is 4.31. The maximum atomic E-state index is 12.0. The normalized spacial score (nSPS) is 15.0. The summed E-state index contributed by atoms with van der Waals surface area (Å²) in [6.07, 6.45) is 3.01. The van der Waals surface area contributed by atoms with Crippen LogP contribution in [0.3, 0.4) is 0 Å². The molecule has 2 aromatic rings. The molecule has 2 aromatic carbocycles. The number of carbonyl (C=O) groups excluding carboxylic acids is 1. The summed E-state index contributed by atoms with van der Waals surface area (Å²) in [5.74, 6) is 0.461. The number of hydrogen-bond donors (Lipinski definition) is 1. The maximum Gasteiger partial charge on any atom is 0.277 e. The largest absolute Gasteiger partial charge is 0.484 e. The summed E-state index contributed by atoms with van der Waals surface area (Å²) < 4.78 is 5.56. The van der Waals surface area contributed by atoms with Gasteiger partial charge >= 0.3 is 0 Å². The minimum Gasteiger partial charge on any atom is -0.484 e. The zero-order chi connectivity index (χ0) is 16.9. The Hall–Kier alpha value is -2.62. The molecule has 0 heterocycles. The number of nitrogens with one attached hydrogen (secondary N) is 1. The molecule has 124 valence electrons. The molecule has 0 aliphatic heterocycles. The molecule has 0 saturated carbocycles. The fraction of sp³-hybridized carbons (Fsp3) is 0.300. The lowest BCUT2D eigenvalue weighted by molar-refractivity contribution is -0.123. The van der Waals surface area contributed by atoms with Gasteiger partial charge in [0, 0.05) is 5.56 Å². The third-order valence-corrected chi connectivity index (χ3v) is 4.07. The predicted octanol–water partition coefficient (Wildman–Crippen LogP) is 3.54. The van der Waals surface area contributed by atoms with Crippen LogP contribution >= 0.6 is 0 Å². The van der Waals surface area contributed by atoms with Crippen molar-refractivity contribution in [2.24, 2.45) is 5.10 Å². The van der Waals surface area contributed by atoms with E-state index in [9.17, 15) is 4.79 Å². The van der Waals surface area contributed by atoms with Crippen LogP contribution in [0.1, 0.15) is 35.1 Å². The van der Waals surface area contributed by atoms with Gasteiger partial charge in [0.05, 0.1) is 5.71 Å². The van der Waals surface area contributed by atoms with Crippen molar-refractivity contribution >= 4 is 11.6 Å². The molecule has 1 amide bonds. The van der Waals surface area contributed by atoms with Gasteiger partial charge in [0.2, 0.25) is 0 Å². The molecule has 0 aromatic heterocycles. The minimum absolute atomic E-state index is 0.0404. The monoisotopic (exact) mass is 322 g/mol. The van der Waals surface area contributed by atoms with Crippen molar-refractivity contribution in [2.75, 3.05) is 6.61 Å². The van der Waals surface area contributed by atoms with Crippen molar-refractivity contribution in [3.8, 4) is 5.75 Å². The van der Waals surface area contributed by atoms with Crippen LogP contribution in [-0.2, 0) is 11.2 Å². The van der Waals surface area contributed by atoms with Crippen LogP contribution in [0.2, 0.25) is 0 Å². The number of benzene rings is 2. The third-order valence-electron chi connectivity index (χ3n) is 4.07. The molecular weight excluding hydrogens is 300 g/mol. The molecule has 24 heavy (non-hydrogen) atoms. The van der Waals surface area contributed by atoms with E-state index in [1.54, 1.807) is 0 Å². The van der Waals surface area contributed by atoms with E-state index in [4.69, 9.17) is 4.74 Å². The lowest BCUT2D eigenvalue weighted by Crippen LogP contribution is -2.27. The number of ether oxygens (including phenoxy) is 1. The lowest BCUT2D eigenvalue weighted by atomic mass is 9.90. The van der Waals surface area contributed by atoms with E-state index in [2.05, 4.69) is 28.7 Å². The van der Waals surface area contributed by atoms with Crippen LogP contribution in [0.15, 0.2) is 47.6 Å². The van der Waals surface area contributed by atoms with E-state index >= 15 is 0 Å². The molecule has 4 heteroatoms. The highest BCUT2D eigenvalue weighted by Crippen LogP contribution is 2.21. The zero-order valence-corrected chi connectivity index (χ0v) is 14.1. The molecule has 0 unspecified atom stereocenters. The molecule has 3 rings (SSSR count). The average molecular weight is 322 g/mol. The number of aryl methyl sites for hydroxylation is 3. The summed E-state index contributed by atoms with van der Waals surface area (Å²) in [7, 11) is 0. The zero-order valence-electron chi connectivity index (χ0n) is 14.1. The van der Waals surface area contributed by atoms with E-state index in [0.717, 1.165) is 41.7 Å². The van der Waals surface area contributed by atoms with E-state index in [-0.39, 0.29) is 12.5 Å². The standard InChI is InChI=1S/C20H22N2O2/c1-14-10-15(2)12-17(11-14)24-13-20(23)22-21-19-9-5-7-16-6-3-4-8-18(16)19/h3-4,6,8,10-12H,5,7,9,13H2,1-2H3,(H,22,23). The Balaban J connectivity index is 1.60. The van der Waals surface area contributed by atoms with Gasteiger partial charge in [-0.2, -0.15) is 5.10 Å². The van der Waals surface area contributed by atoms with Crippen molar-refractivity contribution < 1.29 is 9.53 Å². The first-order valence-electron chi connectivity index (χ1n) is 8.26. The van der Waals surface area contributed by atoms with Gasteiger partial charge in [0.25, 0.3) is 5.91 Å². The molecule has 0 spiro atoms. The number of amides is 1. The van der Waals surface area contributed by atoms with Crippen molar-refractivity contribution in [3.63, 3.8) is 0 Å². The highest BCUT2D eigenvalue weighted by atomic mass is 16.5. The molecule has 1 aliphatic carbocycles. The van der Waals surface area contributed by atoms with Crippen LogP contribution in [0.5, 0.6) is 5.75 Å². The second kappa shape index (κ2) is 7.30. The number of rotatable bonds is 4. The van der Waals surface area contributed by atoms with Gasteiger partial charge in [-0.05, 0) is 61.9 Å². The topological polar surface area (TPSA) is 50.7 Å². The van der Waals surface area contributed by atoms with Crippen molar-refractivity contribution in [2.45, 2.75) is 33.1 Å². The molecule has 4 nitrogen and oxygen atoms in total. The van der Waals surface area contributed by atoms with E-state index in [1.807, 2.05) is 38.1 Å². The molecule has 0 atom stereocenters. The Kier molecular flexibility index (Phi) is 4.94. The Morgan fingerprint density at radius 1 is 1.12 bits per heavy atom.